The highest BCUT2D eigenvalue weighted by atomic mass is 79.9. The highest BCUT2D eigenvalue weighted by Gasteiger charge is 2.73. The number of anilines is 1. The van der Waals surface area contributed by atoms with Crippen LogP contribution in [-0.2, 0) is 25.3 Å². The van der Waals surface area contributed by atoms with Gasteiger partial charge in [0.25, 0.3) is 5.56 Å². The molecule has 1 aromatic heterocycles. The van der Waals surface area contributed by atoms with Crippen molar-refractivity contribution in [1.29, 1.82) is 0 Å². The lowest BCUT2D eigenvalue weighted by atomic mass is 9.54. The lowest BCUT2D eigenvalue weighted by Gasteiger charge is -2.55. The summed E-state index contributed by atoms with van der Waals surface area (Å²) in [6, 6.07) is 25.1. The van der Waals surface area contributed by atoms with E-state index in [1.54, 1.807) is 18.7 Å². The molecule has 0 N–H and O–H groups in total. The minimum Gasteiger partial charge on any atom is -0.283 e. The van der Waals surface area contributed by atoms with Gasteiger partial charge in [-0.3, -0.25) is 19.1 Å². The summed E-state index contributed by atoms with van der Waals surface area (Å²) in [5.74, 6) is -2.20. The third kappa shape index (κ3) is 2.53. The zero-order chi connectivity index (χ0) is 25.9. The van der Waals surface area contributed by atoms with Gasteiger partial charge in [-0.2, -0.15) is 0 Å². The molecule has 1 saturated heterocycles. The zero-order valence-corrected chi connectivity index (χ0v) is 23.2. The molecule has 0 spiro atoms. The second-order valence-corrected chi connectivity index (χ2v) is 12.4. The van der Waals surface area contributed by atoms with Crippen molar-refractivity contribution in [1.82, 2.24) is 9.36 Å². The molecule has 184 valence electrons. The van der Waals surface area contributed by atoms with Crippen molar-refractivity contribution in [3.05, 3.63) is 117 Å². The number of halogens is 2. The molecular formula is C29H21Br2N3O3. The number of imide groups is 1. The number of aromatic nitrogens is 2. The summed E-state index contributed by atoms with van der Waals surface area (Å²) >= 11 is 8.03. The summed E-state index contributed by atoms with van der Waals surface area (Å²) in [7, 11) is 1.76. The maximum absolute atomic E-state index is 14.4. The molecule has 8 rings (SSSR count). The molecular weight excluding hydrogens is 598 g/mol. The molecule has 3 aliphatic carbocycles. The fraction of sp³-hybridized carbons (Fsp3) is 0.207. The minimum absolute atomic E-state index is 0.107. The Morgan fingerprint density at radius 1 is 0.676 bits per heavy atom. The van der Waals surface area contributed by atoms with E-state index in [9.17, 15) is 14.4 Å². The van der Waals surface area contributed by atoms with E-state index >= 15 is 0 Å². The van der Waals surface area contributed by atoms with Crippen LogP contribution in [0.2, 0.25) is 0 Å². The molecule has 0 radical (unpaired) electrons. The normalized spacial score (nSPS) is 27.3. The van der Waals surface area contributed by atoms with E-state index in [4.69, 9.17) is 0 Å². The third-order valence-corrected chi connectivity index (χ3v) is 11.0. The van der Waals surface area contributed by atoms with E-state index in [0.29, 0.717) is 11.4 Å². The Kier molecular flexibility index (Phi) is 4.60. The topological polar surface area (TPSA) is 64.3 Å². The first-order chi connectivity index (χ1) is 17.7. The van der Waals surface area contributed by atoms with Crippen molar-refractivity contribution in [3.8, 4) is 5.69 Å². The van der Waals surface area contributed by atoms with Gasteiger partial charge in [-0.25, -0.2) is 9.58 Å². The molecule has 0 saturated carbocycles. The average Bonchev–Trinajstić information content (AvgIpc) is 3.31. The van der Waals surface area contributed by atoms with Gasteiger partial charge < -0.3 is 0 Å². The Labute approximate surface area is 229 Å². The van der Waals surface area contributed by atoms with E-state index in [1.807, 2.05) is 78.9 Å². The van der Waals surface area contributed by atoms with Crippen molar-refractivity contribution in [3.63, 3.8) is 0 Å². The highest BCUT2D eigenvalue weighted by molar-refractivity contribution is 9.10. The maximum Gasteiger partial charge on any atom is 0.296 e. The number of hydrogen-bond acceptors (Lipinski definition) is 3. The second kappa shape index (κ2) is 7.42. The molecule has 1 aliphatic heterocycles. The van der Waals surface area contributed by atoms with Crippen LogP contribution >= 0.6 is 31.9 Å². The molecule has 37 heavy (non-hydrogen) atoms. The van der Waals surface area contributed by atoms with Gasteiger partial charge in [0.1, 0.15) is 5.69 Å². The molecule has 2 bridgehead atoms. The quantitative estimate of drug-likeness (QED) is 0.237. The van der Waals surface area contributed by atoms with E-state index in [0.717, 1.165) is 27.2 Å². The first kappa shape index (κ1) is 22.9. The predicted molar refractivity (Wildman–Crippen MR) is 148 cm³/mol. The molecule has 3 aromatic carbocycles. The fourth-order valence-electron chi connectivity index (χ4n) is 6.70. The van der Waals surface area contributed by atoms with Gasteiger partial charge in [0.05, 0.1) is 31.9 Å². The van der Waals surface area contributed by atoms with Crippen LogP contribution in [0.5, 0.6) is 0 Å². The monoisotopic (exact) mass is 617 g/mol. The molecule has 4 aliphatic rings. The summed E-state index contributed by atoms with van der Waals surface area (Å²) < 4.78 is 1.40. The van der Waals surface area contributed by atoms with Crippen LogP contribution in [0, 0.1) is 18.8 Å². The van der Waals surface area contributed by atoms with Gasteiger partial charge in [-0.1, -0.05) is 98.6 Å². The van der Waals surface area contributed by atoms with Gasteiger partial charge in [0.15, 0.2) is 0 Å². The summed E-state index contributed by atoms with van der Waals surface area (Å²) in [6.45, 7) is 1.77. The van der Waals surface area contributed by atoms with E-state index in [1.165, 1.54) is 4.68 Å². The Bertz CT molecular complexity index is 1600. The van der Waals surface area contributed by atoms with Crippen LogP contribution < -0.4 is 10.5 Å². The Balaban J connectivity index is 1.49. The second-order valence-electron chi connectivity index (χ2n) is 9.89. The molecule has 2 amide bonds. The Morgan fingerprint density at radius 3 is 1.51 bits per heavy atom. The average molecular weight is 619 g/mol. The number of alkyl halides is 2. The first-order valence-corrected chi connectivity index (χ1v) is 13.6. The van der Waals surface area contributed by atoms with Crippen LogP contribution in [-0.4, -0.2) is 21.2 Å². The lowest BCUT2D eigenvalue weighted by molar-refractivity contribution is -0.122. The first-order valence-electron chi connectivity index (χ1n) is 12.0. The molecule has 2 heterocycles. The standard InChI is InChI=1S/C29H21Br2N3O3/c1-16-24(27(37)34(32(16)2)17-10-4-3-5-11-17)33-25(35)22-23(26(33)36)29(31)19-13-7-6-12-18(19)28(22,30)20-14-8-9-15-21(20)29/h3-15,22-23H,1-2H3/t22-,23-,28?,29?/m1/s1. The maximum atomic E-state index is 14.4. The van der Waals surface area contributed by atoms with Crippen LogP contribution in [0.3, 0.4) is 0 Å². The number of hydrogen-bond donors (Lipinski definition) is 0. The molecule has 2 atom stereocenters. The van der Waals surface area contributed by atoms with E-state index in [-0.39, 0.29) is 17.5 Å². The van der Waals surface area contributed by atoms with Gasteiger partial charge in [0, 0.05) is 7.05 Å². The predicted octanol–water partition coefficient (Wildman–Crippen LogP) is 4.89. The number of nitrogens with zero attached hydrogens (tertiary/aromatic N) is 3. The van der Waals surface area contributed by atoms with E-state index in [2.05, 4.69) is 31.9 Å². The fourth-order valence-corrected chi connectivity index (χ4v) is 9.00. The minimum atomic E-state index is -0.900. The van der Waals surface area contributed by atoms with Crippen molar-refractivity contribution in [2.24, 2.45) is 18.9 Å². The zero-order valence-electron chi connectivity index (χ0n) is 20.0. The van der Waals surface area contributed by atoms with Crippen LogP contribution in [0.15, 0.2) is 83.7 Å². The molecule has 8 heteroatoms. The van der Waals surface area contributed by atoms with Gasteiger partial charge in [-0.05, 0) is 41.3 Å². The Morgan fingerprint density at radius 2 is 1.08 bits per heavy atom. The molecule has 4 aromatic rings. The molecule has 6 nitrogen and oxygen atoms in total. The number of amides is 2. The number of para-hydroxylation sites is 1. The SMILES string of the molecule is Cc1c(N2C(=O)[C@H]3[C@H](C2=O)C2(Br)c4ccccc4C3(Br)c3ccccc32)c(=O)n(-c2ccccc2)n1C. The van der Waals surface area contributed by atoms with Gasteiger partial charge in [0.2, 0.25) is 11.8 Å². The number of carbonyl (C=O) groups excluding carboxylic acids is 2. The van der Waals surface area contributed by atoms with Crippen molar-refractivity contribution >= 4 is 49.4 Å². The largest absolute Gasteiger partial charge is 0.296 e. The third-order valence-electron chi connectivity index (χ3n) is 8.33. The van der Waals surface area contributed by atoms with Gasteiger partial charge >= 0.3 is 0 Å². The van der Waals surface area contributed by atoms with Crippen LogP contribution in [0.1, 0.15) is 27.9 Å². The summed E-state index contributed by atoms with van der Waals surface area (Å²) in [4.78, 5) is 43.7. The highest BCUT2D eigenvalue weighted by Crippen LogP contribution is 2.70. The summed E-state index contributed by atoms with van der Waals surface area (Å²) in [5, 5.41) is 0. The smallest absolute Gasteiger partial charge is 0.283 e. The number of carbonyl (C=O) groups is 2. The van der Waals surface area contributed by atoms with Crippen LogP contribution in [0.4, 0.5) is 5.69 Å². The summed E-state index contributed by atoms with van der Waals surface area (Å²) in [6.07, 6.45) is 0. The van der Waals surface area contributed by atoms with Crippen molar-refractivity contribution in [2.75, 3.05) is 4.90 Å². The summed E-state index contributed by atoms with van der Waals surface area (Å²) in [5.41, 5.74) is 4.75. The van der Waals surface area contributed by atoms with Crippen molar-refractivity contribution < 1.29 is 9.59 Å². The van der Waals surface area contributed by atoms with E-state index < -0.39 is 26.0 Å². The van der Waals surface area contributed by atoms with Gasteiger partial charge in [-0.15, -0.1) is 0 Å². The number of rotatable bonds is 2. The lowest BCUT2D eigenvalue weighted by Crippen LogP contribution is -2.56. The van der Waals surface area contributed by atoms with Crippen LogP contribution in [0.25, 0.3) is 5.69 Å². The van der Waals surface area contributed by atoms with Crippen molar-refractivity contribution in [2.45, 2.75) is 15.6 Å². The number of benzene rings is 3. The molecule has 0 unspecified atom stereocenters. The molecule has 1 fully saturated rings. The Hall–Kier alpha value is -3.23.